The third-order valence-corrected chi connectivity index (χ3v) is 8.62. The van der Waals surface area contributed by atoms with E-state index >= 15 is 0 Å². The van der Waals surface area contributed by atoms with E-state index in [0.29, 0.717) is 18.2 Å². The number of amides is 1. The van der Waals surface area contributed by atoms with Crippen molar-refractivity contribution in [3.8, 4) is 0 Å². The number of carbonyl (C=O) groups is 1. The summed E-state index contributed by atoms with van der Waals surface area (Å²) in [4.78, 5) is 14.9. The Bertz CT molecular complexity index is 1480. The van der Waals surface area contributed by atoms with Gasteiger partial charge in [0.2, 0.25) is 5.82 Å². The van der Waals surface area contributed by atoms with Crippen LogP contribution in [0.3, 0.4) is 0 Å². The highest BCUT2D eigenvalue weighted by atomic mass is 19.2. The molecule has 1 amide bonds. The standard InChI is InChI=1S/C34H35F5N2O4/c1-3-16-41(24-6-4-5-7-24)17-25-19(2)32(21-10-8-20(18-42)9-11-21)45-34(44-25)22-12-14-23(15-13-22)40-33(43)26-27(35)29(37)31(39)30(38)28(26)36/h3,8-15,19,24-25,32,34,42H,1,4-7,16-18H2,2H3,(H,40,43)/t19-,25+,32+,34+/m1/s1. The molecule has 0 spiro atoms. The Balaban J connectivity index is 1.38. The van der Waals surface area contributed by atoms with Crippen molar-refractivity contribution < 1.29 is 41.3 Å². The average Bonchev–Trinajstić information content (AvgIpc) is 3.59. The molecule has 0 aromatic heterocycles. The highest BCUT2D eigenvalue weighted by Crippen LogP contribution is 2.42. The fraction of sp³-hybridized carbons (Fsp3) is 0.382. The lowest BCUT2D eigenvalue weighted by molar-refractivity contribution is -0.276. The molecule has 0 bridgehead atoms. The number of ether oxygens (including phenoxy) is 2. The molecule has 2 fully saturated rings. The van der Waals surface area contributed by atoms with E-state index in [2.05, 4.69) is 23.7 Å². The van der Waals surface area contributed by atoms with Gasteiger partial charge in [-0.3, -0.25) is 9.69 Å². The second kappa shape index (κ2) is 14.2. The van der Waals surface area contributed by atoms with Crippen LogP contribution in [0.2, 0.25) is 0 Å². The molecule has 6 nitrogen and oxygen atoms in total. The van der Waals surface area contributed by atoms with E-state index < -0.39 is 46.8 Å². The van der Waals surface area contributed by atoms with Crippen LogP contribution in [0.4, 0.5) is 27.6 Å². The maximum Gasteiger partial charge on any atom is 0.261 e. The van der Waals surface area contributed by atoms with Gasteiger partial charge in [0.25, 0.3) is 5.91 Å². The SMILES string of the molecule is C=CCN(C[C@@H]1O[C@H](c2ccc(NC(=O)c3c(F)c(F)c(F)c(F)c3F)cc2)O[C@H](c2ccc(CO)cc2)[C@@H]1C)C1CCCC1. The van der Waals surface area contributed by atoms with Gasteiger partial charge in [-0.05, 0) is 36.1 Å². The second-order valence-corrected chi connectivity index (χ2v) is 11.5. The monoisotopic (exact) mass is 630 g/mol. The summed E-state index contributed by atoms with van der Waals surface area (Å²) >= 11 is 0. The lowest BCUT2D eigenvalue weighted by Crippen LogP contribution is -2.47. The van der Waals surface area contributed by atoms with Crippen LogP contribution in [0.25, 0.3) is 0 Å². The number of aliphatic hydroxyl groups is 1. The van der Waals surface area contributed by atoms with E-state index in [4.69, 9.17) is 9.47 Å². The molecule has 3 aromatic rings. The summed E-state index contributed by atoms with van der Waals surface area (Å²) in [5.41, 5.74) is 0.763. The number of aliphatic hydroxyl groups excluding tert-OH is 1. The van der Waals surface area contributed by atoms with Crippen molar-refractivity contribution >= 4 is 11.6 Å². The van der Waals surface area contributed by atoms with E-state index in [1.807, 2.05) is 30.3 Å². The number of benzene rings is 3. The first kappa shape index (κ1) is 32.7. The smallest absolute Gasteiger partial charge is 0.261 e. The summed E-state index contributed by atoms with van der Waals surface area (Å²) in [6, 6.07) is 14.0. The van der Waals surface area contributed by atoms with Gasteiger partial charge >= 0.3 is 0 Å². The topological polar surface area (TPSA) is 71.0 Å². The van der Waals surface area contributed by atoms with E-state index in [1.54, 1.807) is 12.1 Å². The molecule has 2 aliphatic rings. The van der Waals surface area contributed by atoms with Crippen molar-refractivity contribution in [3.63, 3.8) is 0 Å². The van der Waals surface area contributed by atoms with E-state index in [9.17, 15) is 31.9 Å². The maximum atomic E-state index is 14.2. The van der Waals surface area contributed by atoms with Gasteiger partial charge in [0.1, 0.15) is 5.56 Å². The first-order valence-corrected chi connectivity index (χ1v) is 14.9. The summed E-state index contributed by atoms with van der Waals surface area (Å²) in [6.45, 7) is 7.30. The molecule has 45 heavy (non-hydrogen) atoms. The van der Waals surface area contributed by atoms with Crippen LogP contribution in [0.1, 0.15) is 72.0 Å². The van der Waals surface area contributed by atoms with Crippen LogP contribution in [0.15, 0.2) is 61.2 Å². The van der Waals surface area contributed by atoms with Gasteiger partial charge in [0, 0.05) is 36.3 Å². The van der Waals surface area contributed by atoms with Gasteiger partial charge in [-0.1, -0.05) is 62.2 Å². The van der Waals surface area contributed by atoms with Crippen LogP contribution in [0.5, 0.6) is 0 Å². The third-order valence-electron chi connectivity index (χ3n) is 8.62. The molecule has 1 heterocycles. The van der Waals surface area contributed by atoms with E-state index in [-0.39, 0.29) is 30.4 Å². The molecule has 1 aliphatic heterocycles. The maximum absolute atomic E-state index is 14.2. The van der Waals surface area contributed by atoms with Gasteiger partial charge in [-0.15, -0.1) is 6.58 Å². The Morgan fingerprint density at radius 1 is 0.911 bits per heavy atom. The van der Waals surface area contributed by atoms with Gasteiger partial charge in [-0.25, -0.2) is 22.0 Å². The van der Waals surface area contributed by atoms with Gasteiger partial charge < -0.3 is 19.9 Å². The molecule has 3 aromatic carbocycles. The van der Waals surface area contributed by atoms with Crippen molar-refractivity contribution in [1.29, 1.82) is 0 Å². The number of halogens is 5. The number of hydrogen-bond acceptors (Lipinski definition) is 5. The van der Waals surface area contributed by atoms with Crippen molar-refractivity contribution in [2.24, 2.45) is 5.92 Å². The highest BCUT2D eigenvalue weighted by Gasteiger charge is 2.40. The molecule has 1 saturated heterocycles. The van der Waals surface area contributed by atoms with Crippen molar-refractivity contribution in [1.82, 2.24) is 4.90 Å². The lowest BCUT2D eigenvalue weighted by Gasteiger charge is -2.43. The fourth-order valence-electron chi connectivity index (χ4n) is 6.09. The number of carbonyl (C=O) groups excluding carboxylic acids is 1. The highest BCUT2D eigenvalue weighted by molar-refractivity contribution is 6.04. The summed E-state index contributed by atoms with van der Waals surface area (Å²) in [7, 11) is 0. The minimum absolute atomic E-state index is 0.0465. The zero-order valence-corrected chi connectivity index (χ0v) is 24.7. The summed E-state index contributed by atoms with van der Waals surface area (Å²) < 4.78 is 82.0. The van der Waals surface area contributed by atoms with Crippen molar-refractivity contribution in [2.75, 3.05) is 18.4 Å². The van der Waals surface area contributed by atoms with Gasteiger partial charge in [0.15, 0.2) is 29.6 Å². The predicted molar refractivity (Wildman–Crippen MR) is 158 cm³/mol. The Kier molecular flexibility index (Phi) is 10.3. The summed E-state index contributed by atoms with van der Waals surface area (Å²) in [6.07, 6.45) is 5.06. The molecule has 11 heteroatoms. The number of anilines is 1. The van der Waals surface area contributed by atoms with Crippen molar-refractivity contribution in [2.45, 2.75) is 63.8 Å². The molecule has 240 valence electrons. The second-order valence-electron chi connectivity index (χ2n) is 11.5. The molecule has 2 N–H and O–H groups in total. The molecule has 4 atom stereocenters. The Labute approximate surface area is 258 Å². The zero-order valence-electron chi connectivity index (χ0n) is 24.7. The molecule has 0 radical (unpaired) electrons. The first-order chi connectivity index (χ1) is 21.6. The van der Waals surface area contributed by atoms with Crippen LogP contribution < -0.4 is 5.32 Å². The molecule has 5 rings (SSSR count). The van der Waals surface area contributed by atoms with Crippen LogP contribution in [-0.2, 0) is 16.1 Å². The minimum atomic E-state index is -2.34. The Hall–Kier alpha value is -3.64. The van der Waals surface area contributed by atoms with Gasteiger partial charge in [0.05, 0.1) is 18.8 Å². The fourth-order valence-corrected chi connectivity index (χ4v) is 6.09. The van der Waals surface area contributed by atoms with Crippen LogP contribution in [0, 0.1) is 35.0 Å². The predicted octanol–water partition coefficient (Wildman–Crippen LogP) is 7.35. The third kappa shape index (κ3) is 6.96. The molecular formula is C34H35F5N2O4. The molecule has 1 aliphatic carbocycles. The van der Waals surface area contributed by atoms with Gasteiger partial charge in [-0.2, -0.15) is 0 Å². The van der Waals surface area contributed by atoms with Crippen molar-refractivity contribution in [3.05, 3.63) is 113 Å². The number of rotatable bonds is 10. The summed E-state index contributed by atoms with van der Waals surface area (Å²) in [5, 5.41) is 11.7. The Morgan fingerprint density at radius 3 is 2.07 bits per heavy atom. The normalized spacial score (nSPS) is 22.1. The first-order valence-electron chi connectivity index (χ1n) is 14.9. The largest absolute Gasteiger partial charge is 0.392 e. The van der Waals surface area contributed by atoms with E-state index in [1.165, 1.54) is 25.0 Å². The number of nitrogens with one attached hydrogen (secondary N) is 1. The minimum Gasteiger partial charge on any atom is -0.392 e. The number of hydrogen-bond donors (Lipinski definition) is 2. The average molecular weight is 631 g/mol. The quantitative estimate of drug-likeness (QED) is 0.106. The zero-order chi connectivity index (χ0) is 32.2. The van der Waals surface area contributed by atoms with Crippen LogP contribution >= 0.6 is 0 Å². The molecule has 0 unspecified atom stereocenters. The molecular weight excluding hydrogens is 595 g/mol. The van der Waals surface area contributed by atoms with Crippen LogP contribution in [-0.4, -0.2) is 41.1 Å². The Morgan fingerprint density at radius 2 is 1.49 bits per heavy atom. The number of nitrogens with zero attached hydrogens (tertiary/aromatic N) is 1. The summed E-state index contributed by atoms with van der Waals surface area (Å²) in [5.74, 6) is -12.7. The van der Waals surface area contributed by atoms with E-state index in [0.717, 1.165) is 30.5 Å². The lowest BCUT2D eigenvalue weighted by atomic mass is 9.89. The molecule has 1 saturated carbocycles.